The number of fused-ring (bicyclic) bond motifs is 6. The Morgan fingerprint density at radius 2 is 1.70 bits per heavy atom. The van der Waals surface area contributed by atoms with Gasteiger partial charge in [-0.15, -0.1) is 0 Å². The van der Waals surface area contributed by atoms with Gasteiger partial charge in [0.15, 0.2) is 11.5 Å². The molecule has 2 atom stereocenters. The summed E-state index contributed by atoms with van der Waals surface area (Å²) in [5, 5.41) is 5.94. The third kappa shape index (κ3) is 5.88. The van der Waals surface area contributed by atoms with Crippen molar-refractivity contribution in [1.82, 2.24) is 9.88 Å². The molecule has 2 heterocycles. The lowest BCUT2D eigenvalue weighted by atomic mass is 9.70. The molecule has 1 aliphatic heterocycles. The number of aromatic nitrogens is 1. The molecule has 0 radical (unpaired) electrons. The number of methoxy groups -OCH3 is 2. The fourth-order valence-corrected chi connectivity index (χ4v) is 8.82. The summed E-state index contributed by atoms with van der Waals surface area (Å²) < 4.78 is 11.1. The second-order valence-electron chi connectivity index (χ2n) is 13.5. The Morgan fingerprint density at radius 1 is 0.953 bits per heavy atom. The number of rotatable bonds is 9. The Morgan fingerprint density at radius 3 is 2.40 bits per heavy atom. The number of halogens is 1. The van der Waals surface area contributed by atoms with E-state index in [0.29, 0.717) is 11.8 Å². The van der Waals surface area contributed by atoms with Crippen LogP contribution in [-0.4, -0.2) is 50.3 Å². The van der Waals surface area contributed by atoms with Crippen molar-refractivity contribution in [1.29, 1.82) is 0 Å². The quantitative estimate of drug-likeness (QED) is 0.251. The zero-order valence-corrected chi connectivity index (χ0v) is 26.8. The fraction of sp³-hybridized carbons (Fsp3) is 0.541. The van der Waals surface area contributed by atoms with Gasteiger partial charge in [0.1, 0.15) is 0 Å². The number of anilines is 1. The van der Waals surface area contributed by atoms with Gasteiger partial charge in [0, 0.05) is 40.4 Å². The number of piperidine rings is 1. The zero-order chi connectivity index (χ0) is 29.5. The number of pyridine rings is 1. The fourth-order valence-electron chi connectivity index (χ4n) is 8.66. The zero-order valence-electron chi connectivity index (χ0n) is 26.1. The van der Waals surface area contributed by atoms with Gasteiger partial charge in [-0.25, -0.2) is 0 Å². The van der Waals surface area contributed by atoms with Gasteiger partial charge in [-0.1, -0.05) is 30.2 Å². The predicted molar refractivity (Wildman–Crippen MR) is 177 cm³/mol. The van der Waals surface area contributed by atoms with E-state index >= 15 is 0 Å². The van der Waals surface area contributed by atoms with E-state index in [1.54, 1.807) is 19.8 Å². The highest BCUT2D eigenvalue weighted by atomic mass is 35.5. The summed E-state index contributed by atoms with van der Waals surface area (Å²) in [5.41, 5.74) is 9.64. The lowest BCUT2D eigenvalue weighted by molar-refractivity contribution is 0.172. The Hall–Kier alpha value is -2.76. The Bertz CT molecular complexity index is 1490. The minimum Gasteiger partial charge on any atom is -0.493 e. The highest BCUT2D eigenvalue weighted by Gasteiger charge is 2.34. The van der Waals surface area contributed by atoms with Gasteiger partial charge in [0.2, 0.25) is 0 Å². The first-order valence-corrected chi connectivity index (χ1v) is 16.9. The van der Waals surface area contributed by atoms with Crippen molar-refractivity contribution in [2.45, 2.75) is 70.6 Å². The van der Waals surface area contributed by atoms with E-state index in [0.717, 1.165) is 59.8 Å². The van der Waals surface area contributed by atoms with Gasteiger partial charge >= 0.3 is 0 Å². The number of benzene rings is 2. The second-order valence-corrected chi connectivity index (χ2v) is 13.9. The van der Waals surface area contributed by atoms with Crippen LogP contribution in [0, 0.1) is 17.8 Å². The van der Waals surface area contributed by atoms with Crippen LogP contribution in [0.25, 0.3) is 10.9 Å². The molecule has 5 nitrogen and oxygen atoms in total. The largest absolute Gasteiger partial charge is 0.493 e. The van der Waals surface area contributed by atoms with Gasteiger partial charge in [0.25, 0.3) is 0 Å². The van der Waals surface area contributed by atoms with Crippen LogP contribution in [0.1, 0.15) is 73.8 Å². The molecule has 1 aromatic heterocycles. The number of allylic oxidation sites excluding steroid dienone is 2. The molecule has 0 unspecified atom stereocenters. The van der Waals surface area contributed by atoms with Crippen molar-refractivity contribution in [3.63, 3.8) is 0 Å². The first-order chi connectivity index (χ1) is 21.0. The Labute approximate surface area is 262 Å². The van der Waals surface area contributed by atoms with E-state index < -0.39 is 0 Å². The normalized spacial score (nSPS) is 22.3. The molecule has 2 bridgehead atoms. The monoisotopic (exact) mass is 599 g/mol. The standard InChI is InChI=1S/C37H46ClN3O2/c1-4-23-13-26-18-29(15-23)36-33(19-26)40-32-22-30(38)5-6-31(32)37(36)39-9-12-41-10-7-24(8-11-41)14-25-16-27-20-34(42-2)35(43-3)21-28(27)17-25/h5-6,13,20-22,24-26,29H,4,7-12,14-19H2,1-3H3,(H,39,40)/t26-,29-/m1/s1. The highest BCUT2D eigenvalue weighted by Crippen LogP contribution is 2.48. The number of hydrogen-bond acceptors (Lipinski definition) is 5. The van der Waals surface area contributed by atoms with E-state index in [4.69, 9.17) is 26.1 Å². The van der Waals surface area contributed by atoms with Gasteiger partial charge in [-0.05, 0) is 136 Å². The number of ether oxygens (including phenoxy) is 2. The van der Waals surface area contributed by atoms with Crippen molar-refractivity contribution < 1.29 is 9.47 Å². The van der Waals surface area contributed by atoms with Crippen LogP contribution in [0.2, 0.25) is 5.02 Å². The molecule has 0 amide bonds. The van der Waals surface area contributed by atoms with Gasteiger partial charge in [0.05, 0.1) is 19.7 Å². The number of nitrogens with zero attached hydrogens (tertiary/aromatic N) is 2. The van der Waals surface area contributed by atoms with E-state index in [1.165, 1.54) is 91.5 Å². The van der Waals surface area contributed by atoms with Crippen molar-refractivity contribution in [2.24, 2.45) is 17.8 Å². The van der Waals surface area contributed by atoms with Crippen molar-refractivity contribution in [3.8, 4) is 11.5 Å². The topological polar surface area (TPSA) is 46.6 Å². The molecule has 4 aliphatic rings. The van der Waals surface area contributed by atoms with Crippen LogP contribution in [0.15, 0.2) is 42.0 Å². The third-order valence-electron chi connectivity index (χ3n) is 10.8. The molecule has 0 spiro atoms. The summed E-state index contributed by atoms with van der Waals surface area (Å²) >= 11 is 6.42. The molecule has 43 heavy (non-hydrogen) atoms. The van der Waals surface area contributed by atoms with Crippen LogP contribution in [-0.2, 0) is 19.3 Å². The van der Waals surface area contributed by atoms with Crippen LogP contribution in [0.5, 0.6) is 11.5 Å². The van der Waals surface area contributed by atoms with Crippen LogP contribution in [0.4, 0.5) is 5.69 Å². The molecule has 0 saturated carbocycles. The molecule has 2 aromatic carbocycles. The van der Waals surface area contributed by atoms with Gasteiger partial charge in [-0.2, -0.15) is 0 Å². The summed E-state index contributed by atoms with van der Waals surface area (Å²) in [6.07, 6.45) is 13.5. The summed E-state index contributed by atoms with van der Waals surface area (Å²) in [4.78, 5) is 7.84. The maximum Gasteiger partial charge on any atom is 0.161 e. The Kier molecular flexibility index (Phi) is 8.30. The summed E-state index contributed by atoms with van der Waals surface area (Å²) in [6.45, 7) is 6.76. The molecule has 1 N–H and O–H groups in total. The lowest BCUT2D eigenvalue weighted by Crippen LogP contribution is -2.37. The van der Waals surface area contributed by atoms with Gasteiger partial charge in [-0.3, -0.25) is 4.98 Å². The summed E-state index contributed by atoms with van der Waals surface area (Å²) in [7, 11) is 3.46. The van der Waals surface area contributed by atoms with E-state index in [1.807, 2.05) is 12.1 Å². The first kappa shape index (κ1) is 29.0. The maximum atomic E-state index is 6.42. The summed E-state index contributed by atoms with van der Waals surface area (Å²) in [6, 6.07) is 10.6. The summed E-state index contributed by atoms with van der Waals surface area (Å²) in [5.74, 6) is 4.49. The average molecular weight is 600 g/mol. The second kappa shape index (κ2) is 12.3. The molecule has 1 saturated heterocycles. The highest BCUT2D eigenvalue weighted by molar-refractivity contribution is 6.31. The molecule has 3 aromatic rings. The predicted octanol–water partition coefficient (Wildman–Crippen LogP) is 8.22. The number of likely N-dealkylation sites (tertiary alicyclic amines) is 1. The molecule has 1 fully saturated rings. The first-order valence-electron chi connectivity index (χ1n) is 16.5. The SMILES string of the molecule is CCC1=C[C@H]2Cc3nc4cc(Cl)ccc4c(NCCN4CCC(CC5Cc6cc(OC)c(OC)cc6C5)CC4)c3[C@H](C1)C2. The Balaban J connectivity index is 0.968. The van der Waals surface area contributed by atoms with E-state index in [-0.39, 0.29) is 0 Å². The minimum absolute atomic E-state index is 0.573. The van der Waals surface area contributed by atoms with E-state index in [2.05, 4.69) is 41.4 Å². The lowest BCUT2D eigenvalue weighted by Gasteiger charge is -2.37. The van der Waals surface area contributed by atoms with E-state index in [9.17, 15) is 0 Å². The molecule has 3 aliphatic carbocycles. The molecule has 6 heteroatoms. The number of hydrogen-bond donors (Lipinski definition) is 1. The van der Waals surface area contributed by atoms with Crippen LogP contribution >= 0.6 is 11.6 Å². The molecular formula is C37H46ClN3O2. The minimum atomic E-state index is 0.573. The van der Waals surface area contributed by atoms with Gasteiger partial charge < -0.3 is 19.7 Å². The van der Waals surface area contributed by atoms with Crippen molar-refractivity contribution >= 4 is 28.2 Å². The van der Waals surface area contributed by atoms with Crippen LogP contribution < -0.4 is 14.8 Å². The third-order valence-corrected chi connectivity index (χ3v) is 11.0. The molecule has 7 rings (SSSR count). The average Bonchev–Trinajstić information content (AvgIpc) is 3.41. The maximum absolute atomic E-state index is 6.42. The smallest absolute Gasteiger partial charge is 0.161 e. The van der Waals surface area contributed by atoms with Crippen molar-refractivity contribution in [3.05, 3.63) is 69.4 Å². The molecular weight excluding hydrogens is 554 g/mol. The molecule has 228 valence electrons. The van der Waals surface area contributed by atoms with Crippen molar-refractivity contribution in [2.75, 3.05) is 45.7 Å². The number of nitrogens with one attached hydrogen (secondary N) is 1. The van der Waals surface area contributed by atoms with Crippen LogP contribution in [0.3, 0.4) is 0 Å².